The molecule has 3 N–H and O–H groups in total. The zero-order valence-electron chi connectivity index (χ0n) is 16.2. The first kappa shape index (κ1) is 19.0. The van der Waals surface area contributed by atoms with E-state index in [-0.39, 0.29) is 30.1 Å². The lowest BCUT2D eigenvalue weighted by Gasteiger charge is -2.40. The molecule has 3 fully saturated rings. The number of Topliss-reactive ketones (excluding diaryl/α,β-unsaturated/α-hetero) is 1. The van der Waals surface area contributed by atoms with Gasteiger partial charge in [0.1, 0.15) is 12.5 Å². The van der Waals surface area contributed by atoms with Gasteiger partial charge in [-0.25, -0.2) is 5.43 Å². The van der Waals surface area contributed by atoms with Crippen molar-refractivity contribution in [2.45, 2.75) is 32.2 Å². The Kier molecular flexibility index (Phi) is 4.84. The number of nitrogens with zero attached hydrogens (tertiary/aromatic N) is 2. The molecular formula is C20H24ClN5O3. The second kappa shape index (κ2) is 7.37. The number of hydrogen-bond acceptors (Lipinski definition) is 7. The van der Waals surface area contributed by atoms with E-state index in [4.69, 9.17) is 16.3 Å². The minimum atomic E-state index is -0.337. The second-order valence-corrected chi connectivity index (χ2v) is 8.40. The van der Waals surface area contributed by atoms with Gasteiger partial charge in [0.05, 0.1) is 24.5 Å². The maximum atomic E-state index is 12.9. The third-order valence-corrected chi connectivity index (χ3v) is 6.05. The van der Waals surface area contributed by atoms with Crippen molar-refractivity contribution >= 4 is 29.0 Å². The summed E-state index contributed by atoms with van der Waals surface area (Å²) in [5.74, 6) is 0.0717. The van der Waals surface area contributed by atoms with Gasteiger partial charge in [-0.3, -0.25) is 24.8 Å². The highest BCUT2D eigenvalue weighted by atomic mass is 35.5. The number of ketones is 1. The summed E-state index contributed by atoms with van der Waals surface area (Å²) < 4.78 is 5.40. The molecule has 1 amide bonds. The third kappa shape index (κ3) is 3.55. The summed E-state index contributed by atoms with van der Waals surface area (Å²) in [4.78, 5) is 27.8. The molecule has 0 spiro atoms. The Bertz CT molecular complexity index is 894. The minimum Gasteiger partial charge on any atom is -0.379 e. The SMILES string of the molecule is Cc1cc(Cl)cc(C(=O)C2CC2)c1N1C=C2C(=O)NC(N3CCOCC3)NC2N1. The van der Waals surface area contributed by atoms with Crippen molar-refractivity contribution in [1.29, 1.82) is 0 Å². The highest BCUT2D eigenvalue weighted by Crippen LogP contribution is 2.38. The van der Waals surface area contributed by atoms with Gasteiger partial charge in [-0.15, -0.1) is 0 Å². The molecule has 9 heteroatoms. The Morgan fingerprint density at radius 3 is 2.72 bits per heavy atom. The van der Waals surface area contributed by atoms with Crippen LogP contribution in [0.25, 0.3) is 0 Å². The van der Waals surface area contributed by atoms with Gasteiger partial charge in [-0.1, -0.05) is 11.6 Å². The van der Waals surface area contributed by atoms with E-state index in [0.29, 0.717) is 29.4 Å². The van der Waals surface area contributed by atoms with Crippen molar-refractivity contribution < 1.29 is 14.3 Å². The van der Waals surface area contributed by atoms with Crippen molar-refractivity contribution in [3.8, 4) is 0 Å². The molecule has 3 heterocycles. The lowest BCUT2D eigenvalue weighted by Crippen LogP contribution is -2.68. The van der Waals surface area contributed by atoms with Crippen LogP contribution in [0.5, 0.6) is 0 Å². The van der Waals surface area contributed by atoms with E-state index in [0.717, 1.165) is 37.2 Å². The number of benzene rings is 1. The average Bonchev–Trinajstić information content (AvgIpc) is 3.47. The van der Waals surface area contributed by atoms with E-state index in [2.05, 4.69) is 21.0 Å². The van der Waals surface area contributed by atoms with E-state index >= 15 is 0 Å². The summed E-state index contributed by atoms with van der Waals surface area (Å²) in [5.41, 5.74) is 6.17. The van der Waals surface area contributed by atoms with Gasteiger partial charge in [0, 0.05) is 35.8 Å². The van der Waals surface area contributed by atoms with Gasteiger partial charge < -0.3 is 10.1 Å². The van der Waals surface area contributed by atoms with Gasteiger partial charge in [-0.05, 0) is 37.5 Å². The molecule has 4 aliphatic rings. The minimum absolute atomic E-state index is 0.0799. The molecule has 1 saturated carbocycles. The Morgan fingerprint density at radius 2 is 2.00 bits per heavy atom. The number of rotatable bonds is 4. The normalized spacial score (nSPS) is 27.4. The Balaban J connectivity index is 1.42. The van der Waals surface area contributed by atoms with Crippen LogP contribution < -0.4 is 21.1 Å². The predicted octanol–water partition coefficient (Wildman–Crippen LogP) is 1.11. The van der Waals surface area contributed by atoms with E-state index in [1.54, 1.807) is 17.3 Å². The van der Waals surface area contributed by atoms with Crippen LogP contribution in [0.3, 0.4) is 0 Å². The van der Waals surface area contributed by atoms with Crippen LogP contribution in [0.15, 0.2) is 23.9 Å². The fraction of sp³-hybridized carbons (Fsp3) is 0.500. The number of carbonyl (C=O) groups is 2. The number of hydrazine groups is 1. The van der Waals surface area contributed by atoms with Gasteiger partial charge in [0.15, 0.2) is 5.78 Å². The molecular weight excluding hydrogens is 394 g/mol. The molecule has 2 unspecified atom stereocenters. The fourth-order valence-electron chi connectivity index (χ4n) is 4.15. The molecule has 29 heavy (non-hydrogen) atoms. The number of anilines is 1. The third-order valence-electron chi connectivity index (χ3n) is 5.83. The van der Waals surface area contributed by atoms with E-state index in [1.807, 2.05) is 13.0 Å². The highest BCUT2D eigenvalue weighted by molar-refractivity contribution is 6.31. The maximum Gasteiger partial charge on any atom is 0.254 e. The first-order valence-corrected chi connectivity index (χ1v) is 10.4. The first-order valence-electron chi connectivity index (χ1n) is 10.0. The monoisotopic (exact) mass is 417 g/mol. The van der Waals surface area contributed by atoms with Crippen molar-refractivity contribution in [2.75, 3.05) is 31.3 Å². The summed E-state index contributed by atoms with van der Waals surface area (Å²) in [6, 6.07) is 3.57. The van der Waals surface area contributed by atoms with E-state index in [1.165, 1.54) is 0 Å². The van der Waals surface area contributed by atoms with Crippen molar-refractivity contribution in [2.24, 2.45) is 5.92 Å². The second-order valence-electron chi connectivity index (χ2n) is 7.96. The van der Waals surface area contributed by atoms with Crippen molar-refractivity contribution in [3.63, 3.8) is 0 Å². The van der Waals surface area contributed by atoms with Gasteiger partial charge in [-0.2, -0.15) is 0 Å². The Labute approximate surface area is 174 Å². The summed E-state index contributed by atoms with van der Waals surface area (Å²) in [7, 11) is 0. The standard InChI is InChI=1S/C20H24ClN5O3/c1-11-8-13(21)9-14(17(27)12-2-3-12)16(11)26-10-15-18(24-26)22-20(23-19(15)28)25-4-6-29-7-5-25/h8-10,12,18,20,22,24H,2-7H2,1H3,(H,23,28). The number of ether oxygens (including phenoxy) is 1. The van der Waals surface area contributed by atoms with Crippen LogP contribution in [-0.4, -0.2) is 55.3 Å². The largest absolute Gasteiger partial charge is 0.379 e. The number of nitrogens with one attached hydrogen (secondary N) is 3. The predicted molar refractivity (Wildman–Crippen MR) is 108 cm³/mol. The first-order chi connectivity index (χ1) is 14.0. The Hall–Kier alpha value is -1.97. The van der Waals surface area contributed by atoms with Crippen LogP contribution in [0.1, 0.15) is 28.8 Å². The molecule has 0 radical (unpaired) electrons. The average molecular weight is 418 g/mol. The molecule has 154 valence electrons. The molecule has 0 bridgehead atoms. The van der Waals surface area contributed by atoms with E-state index < -0.39 is 0 Å². The molecule has 1 aliphatic carbocycles. The number of morpholine rings is 1. The number of aryl methyl sites for hydroxylation is 1. The summed E-state index contributed by atoms with van der Waals surface area (Å²) >= 11 is 6.25. The number of amides is 1. The lowest BCUT2D eigenvalue weighted by molar-refractivity contribution is -0.123. The van der Waals surface area contributed by atoms with Crippen LogP contribution in [-0.2, 0) is 9.53 Å². The van der Waals surface area contributed by atoms with Crippen LogP contribution in [0.4, 0.5) is 5.69 Å². The van der Waals surface area contributed by atoms with Gasteiger partial charge in [0.25, 0.3) is 5.91 Å². The molecule has 1 aromatic rings. The van der Waals surface area contributed by atoms with Crippen molar-refractivity contribution in [3.05, 3.63) is 40.1 Å². The van der Waals surface area contributed by atoms with Crippen molar-refractivity contribution in [1.82, 2.24) is 21.0 Å². The smallest absolute Gasteiger partial charge is 0.254 e. The van der Waals surface area contributed by atoms with Gasteiger partial charge in [0.2, 0.25) is 0 Å². The van der Waals surface area contributed by atoms with Crippen LogP contribution in [0.2, 0.25) is 5.02 Å². The highest BCUT2D eigenvalue weighted by Gasteiger charge is 2.40. The molecule has 2 saturated heterocycles. The summed E-state index contributed by atoms with van der Waals surface area (Å²) in [6.07, 6.45) is 3.01. The number of hydrogen-bond donors (Lipinski definition) is 3. The van der Waals surface area contributed by atoms with Gasteiger partial charge >= 0.3 is 0 Å². The summed E-state index contributed by atoms with van der Waals surface area (Å²) in [5, 5.41) is 8.78. The van der Waals surface area contributed by atoms with E-state index in [9.17, 15) is 9.59 Å². The quantitative estimate of drug-likeness (QED) is 0.633. The molecule has 1 aromatic carbocycles. The van der Waals surface area contributed by atoms with Crippen LogP contribution >= 0.6 is 11.6 Å². The zero-order chi connectivity index (χ0) is 20.1. The topological polar surface area (TPSA) is 85.9 Å². The van der Waals surface area contributed by atoms with Crippen LogP contribution in [0, 0.1) is 12.8 Å². The Morgan fingerprint density at radius 1 is 1.24 bits per heavy atom. The molecule has 2 atom stereocenters. The lowest BCUT2D eigenvalue weighted by atomic mass is 10.0. The molecule has 5 rings (SSSR count). The number of carbonyl (C=O) groups excluding carboxylic acids is 2. The molecule has 8 nitrogen and oxygen atoms in total. The molecule has 3 aliphatic heterocycles. The number of fused-ring (bicyclic) bond motifs is 1. The maximum absolute atomic E-state index is 12.9. The summed E-state index contributed by atoms with van der Waals surface area (Å²) in [6.45, 7) is 4.74. The fourth-order valence-corrected chi connectivity index (χ4v) is 4.43. The number of halogens is 1. The molecule has 0 aromatic heterocycles. The zero-order valence-corrected chi connectivity index (χ0v) is 17.0.